The van der Waals surface area contributed by atoms with E-state index in [1.165, 1.54) is 0 Å². The van der Waals surface area contributed by atoms with Crippen LogP contribution in [0.15, 0.2) is 34.9 Å². The van der Waals surface area contributed by atoms with Crippen molar-refractivity contribution in [1.82, 2.24) is 30.1 Å². The van der Waals surface area contributed by atoms with Crippen LogP contribution in [0.25, 0.3) is 11.5 Å². The number of nitrogens with one attached hydrogen (secondary N) is 1. The van der Waals surface area contributed by atoms with Crippen LogP contribution in [0.2, 0.25) is 0 Å². The molecule has 0 radical (unpaired) electrons. The van der Waals surface area contributed by atoms with Crippen molar-refractivity contribution in [2.24, 2.45) is 7.05 Å². The second-order valence-corrected chi connectivity index (χ2v) is 5.50. The van der Waals surface area contributed by atoms with E-state index in [1.54, 1.807) is 21.8 Å². The van der Waals surface area contributed by atoms with Crippen LogP contribution in [0.3, 0.4) is 0 Å². The van der Waals surface area contributed by atoms with Crippen LogP contribution in [0.5, 0.6) is 0 Å². The van der Waals surface area contributed by atoms with Gasteiger partial charge in [0.2, 0.25) is 5.82 Å². The van der Waals surface area contributed by atoms with Gasteiger partial charge in [0.15, 0.2) is 0 Å². The first-order valence-corrected chi connectivity index (χ1v) is 7.31. The fraction of sp³-hybridized carbons (Fsp3) is 0.333. The van der Waals surface area contributed by atoms with Crippen molar-refractivity contribution in [2.75, 3.05) is 0 Å². The van der Waals surface area contributed by atoms with Crippen molar-refractivity contribution in [2.45, 2.75) is 26.4 Å². The van der Waals surface area contributed by atoms with Crippen LogP contribution in [0.1, 0.15) is 30.1 Å². The van der Waals surface area contributed by atoms with E-state index in [-0.39, 0.29) is 11.9 Å². The van der Waals surface area contributed by atoms with E-state index >= 15 is 0 Å². The second-order valence-electron chi connectivity index (χ2n) is 5.50. The topological polar surface area (TPSA) is 92.8 Å². The van der Waals surface area contributed by atoms with Crippen molar-refractivity contribution in [1.29, 1.82) is 0 Å². The second kappa shape index (κ2) is 6.07. The number of hydrogen-bond acceptors (Lipinski definition) is 5. The van der Waals surface area contributed by atoms with E-state index < -0.39 is 0 Å². The molecule has 0 fully saturated rings. The zero-order valence-corrected chi connectivity index (χ0v) is 13.2. The number of aromatic amines is 1. The zero-order valence-electron chi connectivity index (χ0n) is 13.2. The third-order valence-electron chi connectivity index (χ3n) is 3.71. The predicted molar refractivity (Wildman–Crippen MR) is 82.3 cm³/mol. The van der Waals surface area contributed by atoms with Crippen LogP contribution >= 0.6 is 0 Å². The molecule has 1 amide bonds. The lowest BCUT2D eigenvalue weighted by molar-refractivity contribution is 0.0666. The molecule has 0 bridgehead atoms. The average molecular weight is 314 g/mol. The van der Waals surface area contributed by atoms with Gasteiger partial charge in [0.1, 0.15) is 11.5 Å². The fourth-order valence-electron chi connectivity index (χ4n) is 2.43. The highest BCUT2D eigenvalue weighted by atomic mass is 16.3. The average Bonchev–Trinajstić information content (AvgIpc) is 3.25. The van der Waals surface area contributed by atoms with E-state index in [9.17, 15) is 4.79 Å². The molecule has 0 atom stereocenters. The van der Waals surface area contributed by atoms with Gasteiger partial charge in [-0.15, -0.1) is 10.2 Å². The van der Waals surface area contributed by atoms with E-state index in [1.807, 2.05) is 39.1 Å². The molecule has 3 rings (SSSR count). The Morgan fingerprint density at radius 2 is 2.22 bits per heavy atom. The predicted octanol–water partition coefficient (Wildman–Crippen LogP) is 1.85. The zero-order chi connectivity index (χ0) is 16.4. The minimum atomic E-state index is -0.0753. The molecule has 0 aliphatic rings. The third-order valence-corrected chi connectivity index (χ3v) is 3.71. The van der Waals surface area contributed by atoms with Gasteiger partial charge >= 0.3 is 0 Å². The minimum Gasteiger partial charge on any atom is -0.467 e. The molecular formula is C15H18N6O2. The standard InChI is InChI=1S/C15H18N6O2/c1-10(2)21(9-11-5-4-8-23-11)15(22)13-7-6-12(20(13)3)14-16-18-19-17-14/h4-8,10H,9H2,1-3H3,(H,16,17,18,19). The molecule has 0 aliphatic heterocycles. The highest BCUT2D eigenvalue weighted by molar-refractivity contribution is 5.93. The quantitative estimate of drug-likeness (QED) is 0.775. The SMILES string of the molecule is CC(C)N(Cc1ccco1)C(=O)c1ccc(-c2nn[nH]n2)n1C. The largest absolute Gasteiger partial charge is 0.467 e. The maximum Gasteiger partial charge on any atom is 0.271 e. The number of carbonyl (C=O) groups is 1. The van der Waals surface area contributed by atoms with Gasteiger partial charge in [-0.2, -0.15) is 5.21 Å². The van der Waals surface area contributed by atoms with E-state index in [4.69, 9.17) is 4.42 Å². The molecular weight excluding hydrogens is 296 g/mol. The molecule has 0 saturated heterocycles. The molecule has 0 unspecified atom stereocenters. The van der Waals surface area contributed by atoms with Gasteiger partial charge in [0, 0.05) is 13.1 Å². The number of hydrogen-bond donors (Lipinski definition) is 1. The Bertz CT molecular complexity index is 773. The van der Waals surface area contributed by atoms with Crippen LogP contribution in [-0.2, 0) is 13.6 Å². The van der Waals surface area contributed by atoms with Crippen molar-refractivity contribution < 1.29 is 9.21 Å². The minimum absolute atomic E-state index is 0.0381. The molecule has 3 aromatic rings. The first-order valence-electron chi connectivity index (χ1n) is 7.31. The lowest BCUT2D eigenvalue weighted by atomic mass is 10.2. The van der Waals surface area contributed by atoms with Gasteiger partial charge in [-0.05, 0) is 43.3 Å². The Labute approximate surface area is 133 Å². The van der Waals surface area contributed by atoms with Crippen molar-refractivity contribution in [3.8, 4) is 11.5 Å². The molecule has 1 N–H and O–H groups in total. The number of amides is 1. The lowest BCUT2D eigenvalue weighted by Crippen LogP contribution is -2.37. The Balaban J connectivity index is 1.89. The smallest absolute Gasteiger partial charge is 0.271 e. The molecule has 120 valence electrons. The number of tetrazole rings is 1. The van der Waals surface area contributed by atoms with Gasteiger partial charge < -0.3 is 13.9 Å². The highest BCUT2D eigenvalue weighted by Crippen LogP contribution is 2.20. The number of H-pyrrole nitrogens is 1. The summed E-state index contributed by atoms with van der Waals surface area (Å²) in [6.07, 6.45) is 1.61. The summed E-state index contributed by atoms with van der Waals surface area (Å²) >= 11 is 0. The first-order chi connectivity index (χ1) is 11.1. The Hall–Kier alpha value is -2.90. The molecule has 0 spiro atoms. The summed E-state index contributed by atoms with van der Waals surface area (Å²) in [5.41, 5.74) is 1.29. The number of rotatable bonds is 5. The number of furan rings is 1. The molecule has 3 heterocycles. The molecule has 0 aliphatic carbocycles. The fourth-order valence-corrected chi connectivity index (χ4v) is 2.43. The van der Waals surface area contributed by atoms with Crippen LogP contribution < -0.4 is 0 Å². The van der Waals surface area contributed by atoms with Crippen LogP contribution in [-0.4, -0.2) is 42.0 Å². The van der Waals surface area contributed by atoms with Gasteiger partial charge in [-0.3, -0.25) is 4.79 Å². The van der Waals surface area contributed by atoms with E-state index in [0.29, 0.717) is 18.1 Å². The summed E-state index contributed by atoms with van der Waals surface area (Å²) in [7, 11) is 1.81. The summed E-state index contributed by atoms with van der Waals surface area (Å²) in [5, 5.41) is 13.9. The van der Waals surface area contributed by atoms with Gasteiger partial charge in [0.05, 0.1) is 18.5 Å². The Morgan fingerprint density at radius 1 is 1.39 bits per heavy atom. The summed E-state index contributed by atoms with van der Waals surface area (Å²) in [4.78, 5) is 14.7. The number of nitrogens with zero attached hydrogens (tertiary/aromatic N) is 5. The van der Waals surface area contributed by atoms with E-state index in [0.717, 1.165) is 11.5 Å². The molecule has 0 saturated carbocycles. The number of carbonyl (C=O) groups excluding carboxylic acids is 1. The van der Waals surface area contributed by atoms with Crippen LogP contribution in [0.4, 0.5) is 0 Å². The highest BCUT2D eigenvalue weighted by Gasteiger charge is 2.24. The van der Waals surface area contributed by atoms with Gasteiger partial charge in [-0.25, -0.2) is 0 Å². The Kier molecular flexibility index (Phi) is 3.96. The molecule has 8 heteroatoms. The monoisotopic (exact) mass is 314 g/mol. The van der Waals surface area contributed by atoms with Crippen molar-refractivity contribution >= 4 is 5.91 Å². The summed E-state index contributed by atoms with van der Waals surface area (Å²) in [5.74, 6) is 1.13. The third kappa shape index (κ3) is 2.87. The van der Waals surface area contributed by atoms with E-state index in [2.05, 4.69) is 20.6 Å². The van der Waals surface area contributed by atoms with Crippen LogP contribution in [0, 0.1) is 0 Å². The Morgan fingerprint density at radius 3 is 2.83 bits per heavy atom. The first kappa shape index (κ1) is 15.0. The van der Waals surface area contributed by atoms with Crippen molar-refractivity contribution in [3.63, 3.8) is 0 Å². The molecule has 0 aromatic carbocycles. The van der Waals surface area contributed by atoms with Crippen molar-refractivity contribution in [3.05, 3.63) is 42.0 Å². The normalized spacial score (nSPS) is 11.1. The summed E-state index contributed by atoms with van der Waals surface area (Å²) in [6, 6.07) is 7.29. The maximum atomic E-state index is 12.9. The van der Waals surface area contributed by atoms with Gasteiger partial charge in [0.25, 0.3) is 5.91 Å². The molecule has 3 aromatic heterocycles. The summed E-state index contributed by atoms with van der Waals surface area (Å²) in [6.45, 7) is 4.37. The molecule has 23 heavy (non-hydrogen) atoms. The lowest BCUT2D eigenvalue weighted by Gasteiger charge is -2.26. The molecule has 8 nitrogen and oxygen atoms in total. The number of aromatic nitrogens is 5. The van der Waals surface area contributed by atoms with Gasteiger partial charge in [-0.1, -0.05) is 0 Å². The summed E-state index contributed by atoms with van der Waals surface area (Å²) < 4.78 is 7.13. The maximum absolute atomic E-state index is 12.9.